The quantitative estimate of drug-likeness (QED) is 0.750. The van der Waals surface area contributed by atoms with E-state index in [1.165, 1.54) is 16.8 Å². The van der Waals surface area contributed by atoms with Crippen LogP contribution in [-0.2, 0) is 6.42 Å². The van der Waals surface area contributed by atoms with Gasteiger partial charge in [-0.15, -0.1) is 0 Å². The summed E-state index contributed by atoms with van der Waals surface area (Å²) in [4.78, 5) is 0. The van der Waals surface area contributed by atoms with Crippen LogP contribution < -0.4 is 5.32 Å². The largest absolute Gasteiger partial charge is 0.382 e. The van der Waals surface area contributed by atoms with Crippen LogP contribution in [0.25, 0.3) is 0 Å². The molecular weight excluding hydrogens is 310 g/mol. The molecular formula is C18H22BrN. The molecule has 106 valence electrons. The molecule has 20 heavy (non-hydrogen) atoms. The highest BCUT2D eigenvalue weighted by molar-refractivity contribution is 9.10. The summed E-state index contributed by atoms with van der Waals surface area (Å²) in [6.45, 7) is 6.68. The molecule has 0 bridgehead atoms. The van der Waals surface area contributed by atoms with Gasteiger partial charge in [0.05, 0.1) is 0 Å². The van der Waals surface area contributed by atoms with Gasteiger partial charge in [-0.05, 0) is 54.7 Å². The van der Waals surface area contributed by atoms with Crippen LogP contribution in [0.1, 0.15) is 37.8 Å². The van der Waals surface area contributed by atoms with E-state index >= 15 is 0 Å². The highest BCUT2D eigenvalue weighted by Crippen LogP contribution is 2.20. The molecule has 0 aliphatic carbocycles. The maximum atomic E-state index is 3.59. The summed E-state index contributed by atoms with van der Waals surface area (Å²) in [5, 5.41) is 3.59. The molecule has 0 radical (unpaired) electrons. The summed E-state index contributed by atoms with van der Waals surface area (Å²) in [7, 11) is 0. The Labute approximate surface area is 130 Å². The Bertz CT molecular complexity index is 546. The molecule has 2 heteroatoms. The Morgan fingerprint density at radius 2 is 1.70 bits per heavy atom. The second-order valence-corrected chi connectivity index (χ2v) is 6.57. The van der Waals surface area contributed by atoms with Gasteiger partial charge in [0.25, 0.3) is 0 Å². The second kappa shape index (κ2) is 6.94. The third-order valence-corrected chi connectivity index (χ3v) is 3.95. The van der Waals surface area contributed by atoms with Crippen LogP contribution in [0.5, 0.6) is 0 Å². The number of nitrogens with one attached hydrogen (secondary N) is 1. The van der Waals surface area contributed by atoms with Crippen molar-refractivity contribution in [1.82, 2.24) is 0 Å². The predicted molar refractivity (Wildman–Crippen MR) is 91.5 cm³/mol. The van der Waals surface area contributed by atoms with E-state index in [0.29, 0.717) is 12.0 Å². The summed E-state index contributed by atoms with van der Waals surface area (Å²) in [6.07, 6.45) is 1.03. The van der Waals surface area contributed by atoms with E-state index in [1.54, 1.807) is 0 Å². The molecule has 0 spiro atoms. The lowest BCUT2D eigenvalue weighted by Crippen LogP contribution is -2.18. The van der Waals surface area contributed by atoms with Gasteiger partial charge in [0.15, 0.2) is 0 Å². The average molecular weight is 332 g/mol. The summed E-state index contributed by atoms with van der Waals surface area (Å²) in [6, 6.07) is 17.7. The molecule has 0 fully saturated rings. The number of rotatable bonds is 5. The normalized spacial score (nSPS) is 12.4. The Morgan fingerprint density at radius 1 is 1.00 bits per heavy atom. The van der Waals surface area contributed by atoms with Crippen molar-refractivity contribution in [1.29, 1.82) is 0 Å². The Hall–Kier alpha value is -1.28. The standard InChI is InChI=1S/C18H22BrN/c1-13(2)16-5-4-6-18(12-16)20-14(3)11-15-7-9-17(19)10-8-15/h4-10,12-14,20H,11H2,1-3H3. The van der Waals surface area contributed by atoms with E-state index in [2.05, 4.69) is 90.5 Å². The monoisotopic (exact) mass is 331 g/mol. The summed E-state index contributed by atoms with van der Waals surface area (Å²) >= 11 is 3.47. The van der Waals surface area contributed by atoms with Gasteiger partial charge in [-0.3, -0.25) is 0 Å². The topological polar surface area (TPSA) is 12.0 Å². The number of hydrogen-bond donors (Lipinski definition) is 1. The molecule has 2 aromatic rings. The summed E-state index contributed by atoms with van der Waals surface area (Å²) in [5.74, 6) is 0.568. The van der Waals surface area contributed by atoms with E-state index in [9.17, 15) is 0 Å². The maximum Gasteiger partial charge on any atom is 0.0345 e. The van der Waals surface area contributed by atoms with Crippen molar-refractivity contribution < 1.29 is 0 Å². The van der Waals surface area contributed by atoms with Crippen molar-refractivity contribution in [2.75, 3.05) is 5.32 Å². The molecule has 0 saturated carbocycles. The van der Waals surface area contributed by atoms with Gasteiger partial charge in [0.1, 0.15) is 0 Å². The third kappa shape index (κ3) is 4.38. The van der Waals surface area contributed by atoms with Crippen LogP contribution in [0, 0.1) is 0 Å². The third-order valence-electron chi connectivity index (χ3n) is 3.42. The fraction of sp³-hybridized carbons (Fsp3) is 0.333. The molecule has 1 N–H and O–H groups in total. The molecule has 0 heterocycles. The fourth-order valence-electron chi connectivity index (χ4n) is 2.30. The molecule has 1 unspecified atom stereocenters. The zero-order chi connectivity index (χ0) is 14.5. The van der Waals surface area contributed by atoms with Gasteiger partial charge in [0.2, 0.25) is 0 Å². The van der Waals surface area contributed by atoms with E-state index in [0.717, 1.165) is 10.9 Å². The smallest absolute Gasteiger partial charge is 0.0345 e. The lowest BCUT2D eigenvalue weighted by Gasteiger charge is -2.17. The number of hydrogen-bond acceptors (Lipinski definition) is 1. The highest BCUT2D eigenvalue weighted by atomic mass is 79.9. The van der Waals surface area contributed by atoms with Crippen LogP contribution in [0.15, 0.2) is 53.0 Å². The van der Waals surface area contributed by atoms with Crippen LogP contribution in [0.2, 0.25) is 0 Å². The fourth-order valence-corrected chi connectivity index (χ4v) is 2.56. The molecule has 0 aromatic heterocycles. The van der Waals surface area contributed by atoms with Crippen LogP contribution in [0.3, 0.4) is 0 Å². The SMILES string of the molecule is CC(Cc1ccc(Br)cc1)Nc1cccc(C(C)C)c1. The highest BCUT2D eigenvalue weighted by Gasteiger charge is 2.05. The first-order valence-electron chi connectivity index (χ1n) is 7.15. The minimum Gasteiger partial charge on any atom is -0.382 e. The average Bonchev–Trinajstić information content (AvgIpc) is 2.41. The molecule has 2 aromatic carbocycles. The number of benzene rings is 2. The maximum absolute atomic E-state index is 3.59. The molecule has 2 rings (SSSR count). The van der Waals surface area contributed by atoms with Crippen molar-refractivity contribution in [3.63, 3.8) is 0 Å². The summed E-state index contributed by atoms with van der Waals surface area (Å²) < 4.78 is 1.13. The molecule has 0 aliphatic heterocycles. The first-order valence-corrected chi connectivity index (χ1v) is 7.95. The van der Waals surface area contributed by atoms with Gasteiger partial charge in [0, 0.05) is 16.2 Å². The Morgan fingerprint density at radius 3 is 2.35 bits per heavy atom. The van der Waals surface area contributed by atoms with Gasteiger partial charge in [-0.1, -0.05) is 54.0 Å². The van der Waals surface area contributed by atoms with Crippen molar-refractivity contribution in [3.8, 4) is 0 Å². The van der Waals surface area contributed by atoms with E-state index in [-0.39, 0.29) is 0 Å². The van der Waals surface area contributed by atoms with E-state index in [4.69, 9.17) is 0 Å². The molecule has 0 aliphatic rings. The van der Waals surface area contributed by atoms with Crippen molar-refractivity contribution >= 4 is 21.6 Å². The first kappa shape index (κ1) is 15.1. The molecule has 1 atom stereocenters. The van der Waals surface area contributed by atoms with Crippen molar-refractivity contribution in [2.24, 2.45) is 0 Å². The van der Waals surface area contributed by atoms with Crippen LogP contribution in [-0.4, -0.2) is 6.04 Å². The number of anilines is 1. The van der Waals surface area contributed by atoms with Gasteiger partial charge in [-0.25, -0.2) is 0 Å². The lowest BCUT2D eigenvalue weighted by molar-refractivity contribution is 0.788. The molecule has 1 nitrogen and oxygen atoms in total. The van der Waals surface area contributed by atoms with E-state index < -0.39 is 0 Å². The van der Waals surface area contributed by atoms with Gasteiger partial charge < -0.3 is 5.32 Å². The van der Waals surface area contributed by atoms with Crippen molar-refractivity contribution in [3.05, 3.63) is 64.1 Å². The van der Waals surface area contributed by atoms with Gasteiger partial charge >= 0.3 is 0 Å². The summed E-state index contributed by atoms with van der Waals surface area (Å²) in [5.41, 5.74) is 3.94. The molecule has 0 amide bonds. The Balaban J connectivity index is 1.99. The number of halogens is 1. The van der Waals surface area contributed by atoms with Crippen LogP contribution >= 0.6 is 15.9 Å². The van der Waals surface area contributed by atoms with Crippen molar-refractivity contribution in [2.45, 2.75) is 39.2 Å². The molecule has 0 saturated heterocycles. The van der Waals surface area contributed by atoms with Crippen LogP contribution in [0.4, 0.5) is 5.69 Å². The Kier molecular flexibility index (Phi) is 5.24. The first-order chi connectivity index (χ1) is 9.54. The van der Waals surface area contributed by atoms with Gasteiger partial charge in [-0.2, -0.15) is 0 Å². The predicted octanol–water partition coefficient (Wildman–Crippen LogP) is 5.62. The zero-order valence-electron chi connectivity index (χ0n) is 12.4. The minimum atomic E-state index is 0.415. The van der Waals surface area contributed by atoms with E-state index in [1.807, 2.05) is 0 Å². The minimum absolute atomic E-state index is 0.415. The zero-order valence-corrected chi connectivity index (χ0v) is 13.9. The second-order valence-electron chi connectivity index (χ2n) is 5.66. The lowest BCUT2D eigenvalue weighted by atomic mass is 10.0.